The Morgan fingerprint density at radius 2 is 1.93 bits per heavy atom. The number of carbonyl (C=O) groups excluding carboxylic acids is 2. The molecule has 0 bridgehead atoms. The van der Waals surface area contributed by atoms with Crippen LogP contribution in [0.1, 0.15) is 58.8 Å². The largest absolute Gasteiger partial charge is 0.453 e. The van der Waals surface area contributed by atoms with Crippen molar-refractivity contribution in [1.82, 2.24) is 0 Å². The minimum Gasteiger partial charge on any atom is -0.453 e. The summed E-state index contributed by atoms with van der Waals surface area (Å²) in [5.41, 5.74) is 4.23. The van der Waals surface area contributed by atoms with Gasteiger partial charge < -0.3 is 9.64 Å². The fourth-order valence-electron chi connectivity index (χ4n) is 4.43. The SMILES string of the molecule is CN1C(=CC(=O)COC(=O)c2cc3c(s2)CCCCC3)C(C)(C)c2ccccc21. The van der Waals surface area contributed by atoms with Crippen molar-refractivity contribution in [1.29, 1.82) is 0 Å². The van der Waals surface area contributed by atoms with Gasteiger partial charge in [0.2, 0.25) is 0 Å². The smallest absolute Gasteiger partial charge is 0.348 e. The van der Waals surface area contributed by atoms with Gasteiger partial charge in [0.15, 0.2) is 12.4 Å². The summed E-state index contributed by atoms with van der Waals surface area (Å²) in [6.07, 6.45) is 7.30. The van der Waals surface area contributed by atoms with E-state index in [9.17, 15) is 9.59 Å². The first-order valence-corrected chi connectivity index (χ1v) is 11.1. The van der Waals surface area contributed by atoms with Crippen LogP contribution in [-0.2, 0) is 27.8 Å². The van der Waals surface area contributed by atoms with Crippen LogP contribution >= 0.6 is 11.3 Å². The zero-order valence-electron chi connectivity index (χ0n) is 17.3. The van der Waals surface area contributed by atoms with Crippen molar-refractivity contribution in [3.63, 3.8) is 0 Å². The minimum absolute atomic E-state index is 0.195. The predicted octanol–water partition coefficient (Wildman–Crippen LogP) is 5.05. The van der Waals surface area contributed by atoms with Gasteiger partial charge in [0.05, 0.1) is 0 Å². The molecule has 5 heteroatoms. The van der Waals surface area contributed by atoms with E-state index < -0.39 is 5.97 Å². The predicted molar refractivity (Wildman–Crippen MR) is 117 cm³/mol. The van der Waals surface area contributed by atoms with Gasteiger partial charge in [-0.05, 0) is 48.9 Å². The van der Waals surface area contributed by atoms with Crippen LogP contribution in [0, 0.1) is 0 Å². The van der Waals surface area contributed by atoms with Gasteiger partial charge in [-0.1, -0.05) is 38.5 Å². The molecule has 1 aromatic carbocycles. The molecule has 0 saturated heterocycles. The summed E-state index contributed by atoms with van der Waals surface area (Å²) in [6.45, 7) is 3.99. The molecule has 0 atom stereocenters. The number of likely N-dealkylation sites (N-methyl/N-ethyl adjacent to an activating group) is 1. The highest BCUT2D eigenvalue weighted by Crippen LogP contribution is 2.46. The van der Waals surface area contributed by atoms with Crippen LogP contribution < -0.4 is 4.90 Å². The average Bonchev–Trinajstić information content (AvgIpc) is 3.09. The molecule has 0 N–H and O–H groups in total. The molecule has 1 aromatic heterocycles. The molecule has 0 fully saturated rings. The number of nitrogens with zero attached hydrogens (tertiary/aromatic N) is 1. The topological polar surface area (TPSA) is 46.6 Å². The summed E-state index contributed by atoms with van der Waals surface area (Å²) in [5, 5.41) is 0. The summed E-state index contributed by atoms with van der Waals surface area (Å²) < 4.78 is 5.35. The van der Waals surface area contributed by atoms with Crippen molar-refractivity contribution in [2.75, 3.05) is 18.6 Å². The van der Waals surface area contributed by atoms with Gasteiger partial charge in [-0.2, -0.15) is 0 Å². The lowest BCUT2D eigenvalue weighted by Crippen LogP contribution is -2.25. The van der Waals surface area contributed by atoms with Crippen molar-refractivity contribution in [3.05, 3.63) is 63.0 Å². The molecule has 152 valence electrons. The van der Waals surface area contributed by atoms with Crippen LogP contribution in [-0.4, -0.2) is 25.4 Å². The van der Waals surface area contributed by atoms with E-state index >= 15 is 0 Å². The van der Waals surface area contributed by atoms with Crippen LogP contribution in [0.25, 0.3) is 0 Å². The van der Waals surface area contributed by atoms with Crippen LogP contribution in [0.4, 0.5) is 5.69 Å². The molecule has 1 aliphatic heterocycles. The molecule has 0 unspecified atom stereocenters. The molecule has 0 radical (unpaired) electrons. The molecule has 0 spiro atoms. The van der Waals surface area contributed by atoms with E-state index in [2.05, 4.69) is 26.0 Å². The maximum absolute atomic E-state index is 12.6. The number of esters is 1. The molecular weight excluding hydrogens is 382 g/mol. The standard InChI is InChI=1S/C24H27NO3S/c1-24(2)18-10-7-8-11-19(18)25(3)22(24)14-17(26)15-28-23(27)21-13-16-9-5-4-6-12-20(16)29-21/h7-8,10-11,13-14H,4-6,9,12,15H2,1-3H3. The zero-order valence-corrected chi connectivity index (χ0v) is 18.1. The van der Waals surface area contributed by atoms with Crippen molar-refractivity contribution in [2.24, 2.45) is 0 Å². The van der Waals surface area contributed by atoms with E-state index in [1.54, 1.807) is 6.08 Å². The number of thiophene rings is 1. The number of carbonyl (C=O) groups is 2. The maximum atomic E-state index is 12.6. The number of hydrogen-bond acceptors (Lipinski definition) is 5. The Morgan fingerprint density at radius 1 is 1.17 bits per heavy atom. The monoisotopic (exact) mass is 409 g/mol. The van der Waals surface area contributed by atoms with Crippen molar-refractivity contribution >= 4 is 28.8 Å². The van der Waals surface area contributed by atoms with Crippen molar-refractivity contribution in [3.8, 4) is 0 Å². The highest BCUT2D eigenvalue weighted by molar-refractivity contribution is 7.14. The Balaban J connectivity index is 1.43. The van der Waals surface area contributed by atoms with Gasteiger partial charge in [-0.3, -0.25) is 4.79 Å². The number of ketones is 1. The third-order valence-electron chi connectivity index (χ3n) is 6.03. The van der Waals surface area contributed by atoms with Gasteiger partial charge >= 0.3 is 5.97 Å². The first kappa shape index (κ1) is 19.9. The summed E-state index contributed by atoms with van der Waals surface area (Å²) in [5.74, 6) is -0.587. The van der Waals surface area contributed by atoms with Gasteiger partial charge in [0.1, 0.15) is 4.88 Å². The Morgan fingerprint density at radius 3 is 2.72 bits per heavy atom. The van der Waals surface area contributed by atoms with Crippen LogP contribution in [0.2, 0.25) is 0 Å². The Kier molecular flexibility index (Phi) is 5.34. The molecule has 4 rings (SSSR count). The number of ether oxygens (including phenoxy) is 1. The van der Waals surface area contributed by atoms with E-state index in [0.717, 1.165) is 24.2 Å². The summed E-state index contributed by atoms with van der Waals surface area (Å²) >= 11 is 1.52. The molecule has 2 aromatic rings. The van der Waals surface area contributed by atoms with Gasteiger partial charge in [0.25, 0.3) is 0 Å². The molecule has 0 saturated carbocycles. The van der Waals surface area contributed by atoms with Crippen LogP contribution in [0.3, 0.4) is 0 Å². The third kappa shape index (κ3) is 3.76. The lowest BCUT2D eigenvalue weighted by atomic mass is 9.83. The zero-order chi connectivity index (χ0) is 20.6. The van der Waals surface area contributed by atoms with Gasteiger partial charge in [-0.25, -0.2) is 4.79 Å². The molecule has 4 nitrogen and oxygen atoms in total. The molecule has 2 heterocycles. The third-order valence-corrected chi connectivity index (χ3v) is 7.25. The number of anilines is 1. The average molecular weight is 410 g/mol. The van der Waals surface area contributed by atoms with Crippen LogP contribution in [0.15, 0.2) is 42.1 Å². The fourth-order valence-corrected chi connectivity index (χ4v) is 5.58. The second-order valence-electron chi connectivity index (χ2n) is 8.39. The number of benzene rings is 1. The van der Waals surface area contributed by atoms with E-state index in [0.29, 0.717) is 4.88 Å². The van der Waals surface area contributed by atoms with E-state index in [4.69, 9.17) is 4.74 Å². The second kappa shape index (κ2) is 7.79. The first-order chi connectivity index (χ1) is 13.9. The van der Waals surface area contributed by atoms with Crippen molar-refractivity contribution in [2.45, 2.75) is 51.4 Å². The lowest BCUT2D eigenvalue weighted by molar-refractivity contribution is -0.117. The number of aryl methyl sites for hydroxylation is 2. The highest BCUT2D eigenvalue weighted by Gasteiger charge is 2.38. The number of para-hydroxylation sites is 1. The normalized spacial score (nSPS) is 18.9. The number of rotatable bonds is 4. The van der Waals surface area contributed by atoms with E-state index in [1.807, 2.05) is 30.1 Å². The molecule has 0 amide bonds. The van der Waals surface area contributed by atoms with Gasteiger partial charge in [-0.15, -0.1) is 11.3 Å². The Hall–Kier alpha value is -2.40. The minimum atomic E-state index is -0.392. The van der Waals surface area contributed by atoms with Crippen LogP contribution in [0.5, 0.6) is 0 Å². The van der Waals surface area contributed by atoms with E-state index in [1.165, 1.54) is 46.6 Å². The van der Waals surface area contributed by atoms with E-state index in [-0.39, 0.29) is 17.8 Å². The molecule has 29 heavy (non-hydrogen) atoms. The second-order valence-corrected chi connectivity index (χ2v) is 9.53. The highest BCUT2D eigenvalue weighted by atomic mass is 32.1. The Labute approximate surface area is 176 Å². The van der Waals surface area contributed by atoms with Gasteiger partial charge in [0, 0.05) is 34.8 Å². The number of hydrogen-bond donors (Lipinski definition) is 0. The summed E-state index contributed by atoms with van der Waals surface area (Å²) in [6, 6.07) is 10.1. The fraction of sp³-hybridized carbons (Fsp3) is 0.417. The summed E-state index contributed by atoms with van der Waals surface area (Å²) in [7, 11) is 1.97. The van der Waals surface area contributed by atoms with Crippen molar-refractivity contribution < 1.29 is 14.3 Å². The quantitative estimate of drug-likeness (QED) is 0.403. The number of allylic oxidation sites excluding steroid dienone is 1. The maximum Gasteiger partial charge on any atom is 0.348 e. The number of fused-ring (bicyclic) bond motifs is 2. The first-order valence-electron chi connectivity index (χ1n) is 10.2. The lowest BCUT2D eigenvalue weighted by Gasteiger charge is -2.23. The Bertz CT molecular complexity index is 962. The summed E-state index contributed by atoms with van der Waals surface area (Å²) in [4.78, 5) is 29.0. The molecule has 2 aliphatic rings. The molecular formula is C24H27NO3S. The molecule has 1 aliphatic carbocycles.